The fourth-order valence-electron chi connectivity index (χ4n) is 2.94. The molecule has 118 valence electrons. The Bertz CT molecular complexity index is 646. The highest BCUT2D eigenvalue weighted by atomic mass is 32.1. The minimum absolute atomic E-state index is 0.564. The maximum atomic E-state index is 12.5. The molecule has 0 bridgehead atoms. The zero-order valence-corrected chi connectivity index (χ0v) is 12.8. The predicted octanol–water partition coefficient (Wildman–Crippen LogP) is 4.48. The highest BCUT2D eigenvalue weighted by Gasteiger charge is 2.30. The predicted molar refractivity (Wildman–Crippen MR) is 81.8 cm³/mol. The van der Waals surface area contributed by atoms with Crippen molar-refractivity contribution in [3.63, 3.8) is 0 Å². The molecule has 0 fully saturated rings. The molecular formula is C16H17F3N2S. The van der Waals surface area contributed by atoms with Crippen LogP contribution in [-0.4, -0.2) is 4.98 Å². The van der Waals surface area contributed by atoms with Crippen LogP contribution in [0.5, 0.6) is 0 Å². The van der Waals surface area contributed by atoms with Gasteiger partial charge in [-0.3, -0.25) is 0 Å². The normalized spacial score (nSPS) is 18.2. The first kappa shape index (κ1) is 15.3. The number of aromatic nitrogens is 1. The van der Waals surface area contributed by atoms with E-state index in [2.05, 4.69) is 4.98 Å². The number of hydrogen-bond acceptors (Lipinski definition) is 3. The Kier molecular flexibility index (Phi) is 4.12. The van der Waals surface area contributed by atoms with Gasteiger partial charge in [-0.2, -0.15) is 13.2 Å². The lowest BCUT2D eigenvalue weighted by molar-refractivity contribution is -0.137. The van der Waals surface area contributed by atoms with Gasteiger partial charge in [-0.1, -0.05) is 12.1 Å². The topological polar surface area (TPSA) is 38.9 Å². The molecule has 1 unspecified atom stereocenters. The highest BCUT2D eigenvalue weighted by molar-refractivity contribution is 7.15. The van der Waals surface area contributed by atoms with Gasteiger partial charge in [0.2, 0.25) is 0 Å². The van der Waals surface area contributed by atoms with Crippen LogP contribution in [0.1, 0.15) is 34.5 Å². The van der Waals surface area contributed by atoms with Gasteiger partial charge >= 0.3 is 6.18 Å². The number of aryl methyl sites for hydroxylation is 2. The summed E-state index contributed by atoms with van der Waals surface area (Å²) in [5.41, 5.74) is 7.24. The van der Waals surface area contributed by atoms with Crippen LogP contribution in [0.4, 0.5) is 18.3 Å². The Balaban J connectivity index is 1.57. The summed E-state index contributed by atoms with van der Waals surface area (Å²) in [5.74, 6) is 0.564. The number of rotatable bonds is 3. The molecule has 1 aliphatic carbocycles. The van der Waals surface area contributed by atoms with Gasteiger partial charge in [0.05, 0.1) is 11.3 Å². The summed E-state index contributed by atoms with van der Waals surface area (Å²) >= 11 is 1.56. The number of nitrogens with zero attached hydrogens (tertiary/aromatic N) is 1. The number of hydrogen-bond donors (Lipinski definition) is 1. The number of benzene rings is 1. The van der Waals surface area contributed by atoms with E-state index in [1.807, 2.05) is 0 Å². The largest absolute Gasteiger partial charge is 0.416 e. The molecular weight excluding hydrogens is 309 g/mol. The summed E-state index contributed by atoms with van der Waals surface area (Å²) in [6, 6.07) is 5.50. The van der Waals surface area contributed by atoms with Crippen LogP contribution in [0.15, 0.2) is 24.3 Å². The average Bonchev–Trinajstić information content (AvgIpc) is 2.84. The lowest BCUT2D eigenvalue weighted by atomic mass is 9.86. The zero-order chi connectivity index (χ0) is 15.7. The molecule has 1 aliphatic rings. The van der Waals surface area contributed by atoms with Crippen molar-refractivity contribution in [3.8, 4) is 0 Å². The van der Waals surface area contributed by atoms with Gasteiger partial charge in [-0.25, -0.2) is 4.98 Å². The summed E-state index contributed by atoms with van der Waals surface area (Å²) < 4.78 is 37.6. The Hall–Kier alpha value is -1.56. The van der Waals surface area contributed by atoms with Crippen molar-refractivity contribution < 1.29 is 13.2 Å². The second-order valence-electron chi connectivity index (χ2n) is 5.76. The SMILES string of the molecule is Nc1nc2c(s1)CC(CCc1ccc(C(F)(F)F)cc1)CC2. The van der Waals surface area contributed by atoms with Crippen LogP contribution in [0.25, 0.3) is 0 Å². The molecule has 1 atom stereocenters. The second kappa shape index (κ2) is 5.91. The van der Waals surface area contributed by atoms with Crippen molar-refractivity contribution in [3.05, 3.63) is 46.0 Å². The van der Waals surface area contributed by atoms with Crippen molar-refractivity contribution in [2.75, 3.05) is 5.73 Å². The molecule has 0 radical (unpaired) electrons. The Morgan fingerprint density at radius 2 is 1.95 bits per heavy atom. The van der Waals surface area contributed by atoms with Crippen LogP contribution >= 0.6 is 11.3 Å². The monoisotopic (exact) mass is 326 g/mol. The van der Waals surface area contributed by atoms with Crippen molar-refractivity contribution in [1.82, 2.24) is 4.98 Å². The lowest BCUT2D eigenvalue weighted by Crippen LogP contribution is -2.13. The van der Waals surface area contributed by atoms with Crippen LogP contribution in [0.3, 0.4) is 0 Å². The maximum Gasteiger partial charge on any atom is 0.416 e. The van der Waals surface area contributed by atoms with Crippen LogP contribution < -0.4 is 5.73 Å². The molecule has 3 rings (SSSR count). The maximum absolute atomic E-state index is 12.5. The minimum Gasteiger partial charge on any atom is -0.375 e. The fraction of sp³-hybridized carbons (Fsp3) is 0.438. The van der Waals surface area contributed by atoms with Gasteiger partial charge in [0.25, 0.3) is 0 Å². The van der Waals surface area contributed by atoms with Gasteiger partial charge in [-0.05, 0) is 55.7 Å². The van der Waals surface area contributed by atoms with E-state index in [1.165, 1.54) is 4.88 Å². The molecule has 2 aromatic rings. The Morgan fingerprint density at radius 1 is 1.23 bits per heavy atom. The molecule has 6 heteroatoms. The molecule has 0 saturated carbocycles. The number of alkyl halides is 3. The van der Waals surface area contributed by atoms with E-state index in [4.69, 9.17) is 5.73 Å². The molecule has 1 aromatic heterocycles. The van der Waals surface area contributed by atoms with Crippen LogP contribution in [0.2, 0.25) is 0 Å². The molecule has 0 spiro atoms. The number of nitrogen functional groups attached to an aromatic ring is 1. The molecule has 0 amide bonds. The summed E-state index contributed by atoms with van der Waals surface area (Å²) in [6.45, 7) is 0. The van der Waals surface area contributed by atoms with E-state index in [9.17, 15) is 13.2 Å². The van der Waals surface area contributed by atoms with E-state index in [-0.39, 0.29) is 0 Å². The van der Waals surface area contributed by atoms with Gasteiger partial charge in [0.1, 0.15) is 0 Å². The Morgan fingerprint density at radius 3 is 2.64 bits per heavy atom. The zero-order valence-electron chi connectivity index (χ0n) is 12.0. The quantitative estimate of drug-likeness (QED) is 0.903. The minimum atomic E-state index is -4.26. The van der Waals surface area contributed by atoms with E-state index >= 15 is 0 Å². The van der Waals surface area contributed by atoms with E-state index < -0.39 is 11.7 Å². The van der Waals surface area contributed by atoms with Gasteiger partial charge < -0.3 is 5.73 Å². The third kappa shape index (κ3) is 3.43. The van der Waals surface area contributed by atoms with Crippen LogP contribution in [0, 0.1) is 5.92 Å². The number of thiazole rings is 1. The van der Waals surface area contributed by atoms with E-state index in [0.717, 1.165) is 55.5 Å². The third-order valence-corrected chi connectivity index (χ3v) is 5.13. The molecule has 2 N–H and O–H groups in total. The summed E-state index contributed by atoms with van der Waals surface area (Å²) in [5, 5.41) is 0.633. The molecule has 0 saturated heterocycles. The first-order valence-electron chi connectivity index (χ1n) is 7.32. The molecule has 1 heterocycles. The van der Waals surface area contributed by atoms with Gasteiger partial charge in [0.15, 0.2) is 5.13 Å². The van der Waals surface area contributed by atoms with Gasteiger partial charge in [0, 0.05) is 4.88 Å². The van der Waals surface area contributed by atoms with Crippen molar-refractivity contribution in [2.45, 2.75) is 38.3 Å². The van der Waals surface area contributed by atoms with Gasteiger partial charge in [-0.15, -0.1) is 11.3 Å². The molecule has 2 nitrogen and oxygen atoms in total. The van der Waals surface area contributed by atoms with E-state index in [0.29, 0.717) is 11.0 Å². The first-order valence-corrected chi connectivity index (χ1v) is 8.13. The number of anilines is 1. The standard InChI is InChI=1S/C16H17F3N2S/c17-16(18,19)12-6-3-10(4-7-12)1-2-11-5-8-13-14(9-11)22-15(20)21-13/h3-4,6-7,11H,1-2,5,8-9H2,(H2,20,21). The molecule has 22 heavy (non-hydrogen) atoms. The number of halogens is 3. The molecule has 0 aliphatic heterocycles. The molecule has 1 aromatic carbocycles. The highest BCUT2D eigenvalue weighted by Crippen LogP contribution is 2.33. The summed E-state index contributed by atoms with van der Waals surface area (Å²) in [6.07, 6.45) is 0.571. The third-order valence-electron chi connectivity index (χ3n) is 4.18. The Labute approximate surface area is 131 Å². The number of fused-ring (bicyclic) bond motifs is 1. The van der Waals surface area contributed by atoms with Crippen LogP contribution in [-0.2, 0) is 25.4 Å². The lowest BCUT2D eigenvalue weighted by Gasteiger charge is -2.21. The van der Waals surface area contributed by atoms with Crippen molar-refractivity contribution in [1.29, 1.82) is 0 Å². The average molecular weight is 326 g/mol. The fourth-order valence-corrected chi connectivity index (χ4v) is 3.93. The summed E-state index contributed by atoms with van der Waals surface area (Å²) in [4.78, 5) is 5.61. The van der Waals surface area contributed by atoms with Crippen molar-refractivity contribution in [2.24, 2.45) is 5.92 Å². The first-order chi connectivity index (χ1) is 10.4. The second-order valence-corrected chi connectivity index (χ2v) is 6.88. The van der Waals surface area contributed by atoms with E-state index in [1.54, 1.807) is 23.5 Å². The van der Waals surface area contributed by atoms with Crippen molar-refractivity contribution >= 4 is 16.5 Å². The summed E-state index contributed by atoms with van der Waals surface area (Å²) in [7, 11) is 0. The smallest absolute Gasteiger partial charge is 0.375 e. The number of nitrogens with two attached hydrogens (primary N) is 1.